The van der Waals surface area contributed by atoms with Crippen molar-refractivity contribution in [3.8, 4) is 0 Å². The highest BCUT2D eigenvalue weighted by Gasteiger charge is 2.16. The van der Waals surface area contributed by atoms with Crippen LogP contribution in [0.4, 0.5) is 0 Å². The highest BCUT2D eigenvalue weighted by Crippen LogP contribution is 2.12. The number of carbonyl (C=O) groups excluding carboxylic acids is 1. The summed E-state index contributed by atoms with van der Waals surface area (Å²) in [7, 11) is -0.223. The van der Waals surface area contributed by atoms with Crippen molar-refractivity contribution in [2.75, 3.05) is 53.4 Å². The molecule has 0 atom stereocenters. The maximum Gasteiger partial charge on any atom is 0.337 e. The molecule has 1 saturated heterocycles. The van der Waals surface area contributed by atoms with Crippen LogP contribution in [0.1, 0.15) is 23.2 Å². The normalized spacial score (nSPS) is 16.7. The fourth-order valence-electron chi connectivity index (χ4n) is 2.73. The number of hydrogen-bond acceptors (Lipinski definition) is 6. The Bertz CT molecular complexity index is 670. The second-order valence-corrected chi connectivity index (χ2v) is 8.04. The van der Waals surface area contributed by atoms with Gasteiger partial charge < -0.3 is 14.5 Å². The van der Waals surface area contributed by atoms with E-state index in [2.05, 4.69) is 26.3 Å². The van der Waals surface area contributed by atoms with Crippen LogP contribution in [0, 0.1) is 0 Å². The summed E-state index contributed by atoms with van der Waals surface area (Å²) < 4.78 is 31.9. The summed E-state index contributed by atoms with van der Waals surface area (Å²) in [4.78, 5) is 16.3. The van der Waals surface area contributed by atoms with Crippen LogP contribution >= 0.6 is 0 Å². The third-order valence-corrected chi connectivity index (χ3v) is 5.81. The number of hydrogen-bond donors (Lipinski definition) is 1. The molecule has 0 spiro atoms. The molecule has 1 aromatic rings. The van der Waals surface area contributed by atoms with Crippen molar-refractivity contribution >= 4 is 16.0 Å². The average molecular weight is 369 g/mol. The van der Waals surface area contributed by atoms with Gasteiger partial charge in [0.15, 0.2) is 0 Å². The van der Waals surface area contributed by atoms with Crippen LogP contribution in [0.2, 0.25) is 0 Å². The number of sulfonamides is 1. The quantitative estimate of drug-likeness (QED) is 0.539. The zero-order valence-electron chi connectivity index (χ0n) is 14.9. The van der Waals surface area contributed by atoms with Gasteiger partial charge in [0.05, 0.1) is 17.6 Å². The lowest BCUT2D eigenvalue weighted by atomic mass is 10.2. The molecule has 0 saturated carbocycles. The molecule has 0 aromatic heterocycles. The van der Waals surface area contributed by atoms with Crippen molar-refractivity contribution < 1.29 is 17.9 Å². The van der Waals surface area contributed by atoms with E-state index in [1.54, 1.807) is 0 Å². The molecule has 1 N–H and O–H groups in total. The van der Waals surface area contributed by atoms with Crippen LogP contribution in [-0.4, -0.2) is 77.6 Å². The summed E-state index contributed by atoms with van der Waals surface area (Å²) in [6.07, 6.45) is 1.73. The van der Waals surface area contributed by atoms with Gasteiger partial charge >= 0.3 is 5.97 Å². The van der Waals surface area contributed by atoms with E-state index in [-0.39, 0.29) is 10.5 Å². The lowest BCUT2D eigenvalue weighted by molar-refractivity contribution is 0.0600. The minimum atomic E-state index is -3.62. The monoisotopic (exact) mass is 369 g/mol. The smallest absolute Gasteiger partial charge is 0.337 e. The van der Waals surface area contributed by atoms with Crippen LogP contribution in [0.15, 0.2) is 29.2 Å². The van der Waals surface area contributed by atoms with Crippen LogP contribution in [0.3, 0.4) is 0 Å². The number of benzene rings is 1. The van der Waals surface area contributed by atoms with Crippen molar-refractivity contribution in [2.45, 2.75) is 17.7 Å². The summed E-state index contributed by atoms with van der Waals surface area (Å²) in [6.45, 7) is 5.70. The molecule has 140 valence electrons. The highest BCUT2D eigenvalue weighted by molar-refractivity contribution is 7.89. The zero-order chi connectivity index (χ0) is 18.3. The molecular formula is C17H27N3O4S. The van der Waals surface area contributed by atoms with Gasteiger partial charge in [-0.05, 0) is 44.6 Å². The summed E-state index contributed by atoms with van der Waals surface area (Å²) in [6, 6.07) is 5.87. The number of nitrogens with one attached hydrogen (secondary N) is 1. The lowest BCUT2D eigenvalue weighted by Gasteiger charge is -2.32. The van der Waals surface area contributed by atoms with Gasteiger partial charge in [0.1, 0.15) is 0 Å². The molecule has 1 aliphatic rings. The van der Waals surface area contributed by atoms with Crippen LogP contribution in [-0.2, 0) is 14.8 Å². The standard InChI is InChI=1S/C17H27N3O4S/c1-19-10-12-20(13-11-19)9-4-3-8-18-25(22,23)16-7-5-6-15(14-16)17(21)24-2/h5-7,14,18H,3-4,8-13H2,1-2H3. The first kappa shape index (κ1) is 19.8. The average Bonchev–Trinajstić information content (AvgIpc) is 2.62. The first-order valence-corrected chi connectivity index (χ1v) is 9.99. The molecule has 0 radical (unpaired) electrons. The number of esters is 1. The van der Waals surface area contributed by atoms with Crippen molar-refractivity contribution in [1.82, 2.24) is 14.5 Å². The molecule has 1 fully saturated rings. The Hall–Kier alpha value is -1.48. The number of methoxy groups -OCH3 is 1. The molecule has 8 heteroatoms. The van der Waals surface area contributed by atoms with Gasteiger partial charge in [-0.3, -0.25) is 0 Å². The first-order valence-electron chi connectivity index (χ1n) is 8.51. The fourth-order valence-corrected chi connectivity index (χ4v) is 3.85. The molecular weight excluding hydrogens is 342 g/mol. The number of unbranched alkanes of at least 4 members (excludes halogenated alkanes) is 1. The van der Waals surface area contributed by atoms with Crippen LogP contribution in [0.5, 0.6) is 0 Å². The van der Waals surface area contributed by atoms with E-state index in [0.717, 1.165) is 45.6 Å². The summed E-state index contributed by atoms with van der Waals surface area (Å²) in [5, 5.41) is 0. The maximum absolute atomic E-state index is 12.3. The van der Waals surface area contributed by atoms with Gasteiger partial charge in [0, 0.05) is 32.7 Å². The molecule has 1 aliphatic heterocycles. The maximum atomic E-state index is 12.3. The van der Waals surface area contributed by atoms with Gasteiger partial charge in [-0.25, -0.2) is 17.9 Å². The molecule has 25 heavy (non-hydrogen) atoms. The van der Waals surface area contributed by atoms with Crippen LogP contribution in [0.25, 0.3) is 0 Å². The minimum Gasteiger partial charge on any atom is -0.465 e. The van der Waals surface area contributed by atoms with Crippen molar-refractivity contribution in [1.29, 1.82) is 0 Å². The SMILES string of the molecule is COC(=O)c1cccc(S(=O)(=O)NCCCCN2CCN(C)CC2)c1. The third kappa shape index (κ3) is 6.07. The zero-order valence-corrected chi connectivity index (χ0v) is 15.7. The van der Waals surface area contributed by atoms with E-state index in [1.807, 2.05) is 0 Å². The number of likely N-dealkylation sites (N-methyl/N-ethyl adjacent to an activating group) is 1. The second-order valence-electron chi connectivity index (χ2n) is 6.27. The third-order valence-electron chi connectivity index (χ3n) is 4.35. The Morgan fingerprint density at radius 3 is 2.60 bits per heavy atom. The van der Waals surface area contributed by atoms with Gasteiger partial charge in [-0.15, -0.1) is 0 Å². The van der Waals surface area contributed by atoms with Crippen molar-refractivity contribution in [2.24, 2.45) is 0 Å². The topological polar surface area (TPSA) is 78.9 Å². The van der Waals surface area contributed by atoms with E-state index in [9.17, 15) is 13.2 Å². The number of rotatable bonds is 8. The van der Waals surface area contributed by atoms with Crippen molar-refractivity contribution in [3.05, 3.63) is 29.8 Å². The largest absolute Gasteiger partial charge is 0.465 e. The Morgan fingerprint density at radius 1 is 1.20 bits per heavy atom. The molecule has 1 aromatic carbocycles. The molecule has 0 amide bonds. The van der Waals surface area contributed by atoms with Gasteiger partial charge in [0.2, 0.25) is 10.0 Å². The van der Waals surface area contributed by atoms with Crippen LogP contribution < -0.4 is 4.72 Å². The fraction of sp³-hybridized carbons (Fsp3) is 0.588. The van der Waals surface area contributed by atoms with E-state index < -0.39 is 16.0 Å². The highest BCUT2D eigenvalue weighted by atomic mass is 32.2. The van der Waals surface area contributed by atoms with E-state index >= 15 is 0 Å². The Morgan fingerprint density at radius 2 is 1.92 bits per heavy atom. The number of ether oxygens (including phenoxy) is 1. The summed E-state index contributed by atoms with van der Waals surface area (Å²) in [5.74, 6) is -0.552. The lowest BCUT2D eigenvalue weighted by Crippen LogP contribution is -2.44. The second kappa shape index (κ2) is 9.28. The predicted molar refractivity (Wildman–Crippen MR) is 96.1 cm³/mol. The van der Waals surface area contributed by atoms with Gasteiger partial charge in [-0.1, -0.05) is 6.07 Å². The molecule has 1 heterocycles. The molecule has 0 bridgehead atoms. The Kier molecular flexibility index (Phi) is 7.37. The van der Waals surface area contributed by atoms with Gasteiger partial charge in [0.25, 0.3) is 0 Å². The molecule has 2 rings (SSSR count). The Balaban J connectivity index is 1.77. The summed E-state index contributed by atoms with van der Waals surface area (Å²) in [5.41, 5.74) is 0.223. The van der Waals surface area contributed by atoms with Gasteiger partial charge in [-0.2, -0.15) is 0 Å². The molecule has 0 unspecified atom stereocenters. The van der Waals surface area contributed by atoms with Crippen molar-refractivity contribution in [3.63, 3.8) is 0 Å². The molecule has 0 aliphatic carbocycles. The molecule has 7 nitrogen and oxygen atoms in total. The van der Waals surface area contributed by atoms with E-state index in [1.165, 1.54) is 31.4 Å². The predicted octanol–water partition coefficient (Wildman–Crippen LogP) is 0.779. The summed E-state index contributed by atoms with van der Waals surface area (Å²) >= 11 is 0. The first-order chi connectivity index (χ1) is 11.9. The Labute approximate surface area is 150 Å². The van der Waals surface area contributed by atoms with E-state index in [0.29, 0.717) is 6.54 Å². The van der Waals surface area contributed by atoms with E-state index in [4.69, 9.17) is 0 Å². The number of nitrogens with zero attached hydrogens (tertiary/aromatic N) is 2. The minimum absolute atomic E-state index is 0.0782. The number of carbonyl (C=O) groups is 1. The number of piperazine rings is 1.